The Bertz CT molecular complexity index is 168. The first-order valence-electron chi connectivity index (χ1n) is 5.05. The van der Waals surface area contributed by atoms with E-state index in [0.717, 1.165) is 32.1 Å². The van der Waals surface area contributed by atoms with Gasteiger partial charge in [0.2, 0.25) is 0 Å². The Hall–Kier alpha value is -0.610. The van der Waals surface area contributed by atoms with Crippen molar-refractivity contribution in [2.75, 3.05) is 0 Å². The van der Waals surface area contributed by atoms with Crippen molar-refractivity contribution in [2.45, 2.75) is 51.1 Å². The van der Waals surface area contributed by atoms with E-state index in [0.29, 0.717) is 6.04 Å². The van der Waals surface area contributed by atoms with Gasteiger partial charge in [0.05, 0.1) is 6.04 Å². The number of nitrogens with two attached hydrogens (primary N) is 1. The molecule has 1 rings (SSSR count). The Labute approximate surface area is 79.2 Å². The first-order valence-corrected chi connectivity index (χ1v) is 5.05. The van der Waals surface area contributed by atoms with Crippen LogP contribution in [0, 0.1) is 0 Å². The van der Waals surface area contributed by atoms with Gasteiger partial charge in [-0.1, -0.05) is 19.8 Å². The van der Waals surface area contributed by atoms with Crippen molar-refractivity contribution >= 4 is 5.91 Å². The molecule has 4 heteroatoms. The molecule has 13 heavy (non-hydrogen) atoms. The smallest absolute Gasteiger partial charge is 0.250 e. The monoisotopic (exact) mass is 185 g/mol. The van der Waals surface area contributed by atoms with E-state index in [-0.39, 0.29) is 11.9 Å². The fraction of sp³-hybridized carbons (Fsp3) is 0.889. The molecule has 4 N–H and O–H groups in total. The van der Waals surface area contributed by atoms with E-state index in [1.807, 2.05) is 0 Å². The van der Waals surface area contributed by atoms with Crippen LogP contribution in [0.3, 0.4) is 0 Å². The van der Waals surface area contributed by atoms with Gasteiger partial charge in [-0.15, -0.1) is 0 Å². The number of hydrazine groups is 1. The number of rotatable bonds is 6. The van der Waals surface area contributed by atoms with Gasteiger partial charge in [-0.25, -0.2) is 5.43 Å². The van der Waals surface area contributed by atoms with Crippen molar-refractivity contribution in [1.82, 2.24) is 10.9 Å². The van der Waals surface area contributed by atoms with Gasteiger partial charge in [0.1, 0.15) is 0 Å². The second kappa shape index (κ2) is 5.19. The minimum atomic E-state index is -0.355. The number of amides is 1. The van der Waals surface area contributed by atoms with Crippen LogP contribution >= 0.6 is 0 Å². The molecule has 1 saturated carbocycles. The van der Waals surface area contributed by atoms with Crippen LogP contribution in [0.25, 0.3) is 0 Å². The minimum absolute atomic E-state index is 0.0830. The Morgan fingerprint density at radius 2 is 2.31 bits per heavy atom. The Morgan fingerprint density at radius 1 is 1.62 bits per heavy atom. The summed E-state index contributed by atoms with van der Waals surface area (Å²) in [5, 5.41) is 0. The number of hydrogen-bond acceptors (Lipinski definition) is 3. The van der Waals surface area contributed by atoms with Crippen LogP contribution in [0.1, 0.15) is 39.0 Å². The zero-order valence-corrected chi connectivity index (χ0v) is 8.18. The predicted molar refractivity (Wildman–Crippen MR) is 51.8 cm³/mol. The van der Waals surface area contributed by atoms with Crippen LogP contribution in [-0.2, 0) is 4.79 Å². The molecular formula is C9H19N3O. The molecule has 1 aliphatic rings. The van der Waals surface area contributed by atoms with Gasteiger partial charge < -0.3 is 5.73 Å². The first kappa shape index (κ1) is 10.5. The highest BCUT2D eigenvalue weighted by Gasteiger charge is 2.22. The number of carbonyl (C=O) groups excluding carboxylic acids is 1. The molecule has 1 fully saturated rings. The molecule has 76 valence electrons. The molecule has 0 saturated heterocycles. The second-order valence-electron chi connectivity index (χ2n) is 3.66. The average Bonchev–Trinajstić information content (AvgIpc) is 2.93. The fourth-order valence-corrected chi connectivity index (χ4v) is 1.05. The van der Waals surface area contributed by atoms with Crippen LogP contribution < -0.4 is 16.6 Å². The molecule has 0 aromatic rings. The lowest BCUT2D eigenvalue weighted by atomic mass is 10.1. The minimum Gasteiger partial charge on any atom is -0.320 e. The molecule has 0 radical (unpaired) electrons. The van der Waals surface area contributed by atoms with Crippen molar-refractivity contribution < 1.29 is 4.79 Å². The number of hydrogen-bond donors (Lipinski definition) is 3. The van der Waals surface area contributed by atoms with Crippen molar-refractivity contribution in [1.29, 1.82) is 0 Å². The van der Waals surface area contributed by atoms with Crippen LogP contribution in [-0.4, -0.2) is 18.0 Å². The lowest BCUT2D eigenvalue weighted by Gasteiger charge is -2.11. The van der Waals surface area contributed by atoms with Crippen molar-refractivity contribution in [3.05, 3.63) is 0 Å². The summed E-state index contributed by atoms with van der Waals surface area (Å²) in [5.41, 5.74) is 11.2. The summed E-state index contributed by atoms with van der Waals surface area (Å²) in [6, 6.07) is 0.133. The summed E-state index contributed by atoms with van der Waals surface area (Å²) < 4.78 is 0. The maximum Gasteiger partial charge on any atom is 0.250 e. The van der Waals surface area contributed by atoms with Gasteiger partial charge in [0, 0.05) is 6.04 Å². The van der Waals surface area contributed by atoms with E-state index in [2.05, 4.69) is 17.8 Å². The molecule has 1 aliphatic carbocycles. The van der Waals surface area contributed by atoms with Crippen molar-refractivity contribution in [3.63, 3.8) is 0 Å². The van der Waals surface area contributed by atoms with Gasteiger partial charge in [0.15, 0.2) is 0 Å². The standard InChI is InChI=1S/C9H19N3O/c1-2-3-4-8(10)9(13)12-11-7-5-6-7/h7-8,11H,2-6,10H2,1H3,(H,12,13)/t8-/m0/s1. The molecule has 0 spiro atoms. The normalized spacial score (nSPS) is 18.3. The largest absolute Gasteiger partial charge is 0.320 e. The highest BCUT2D eigenvalue weighted by Crippen LogP contribution is 2.17. The molecule has 1 amide bonds. The molecule has 0 bridgehead atoms. The van der Waals surface area contributed by atoms with Crippen molar-refractivity contribution in [3.8, 4) is 0 Å². The average molecular weight is 185 g/mol. The van der Waals surface area contributed by atoms with Gasteiger partial charge in [0.25, 0.3) is 5.91 Å². The summed E-state index contributed by atoms with van der Waals surface area (Å²) in [7, 11) is 0. The first-order chi connectivity index (χ1) is 6.24. The van der Waals surface area contributed by atoms with Crippen LogP contribution in [0.15, 0.2) is 0 Å². The number of carbonyl (C=O) groups is 1. The van der Waals surface area contributed by atoms with E-state index < -0.39 is 0 Å². The summed E-state index contributed by atoms with van der Waals surface area (Å²) in [6.45, 7) is 2.09. The lowest BCUT2D eigenvalue weighted by molar-refractivity contribution is -0.123. The zero-order valence-electron chi connectivity index (χ0n) is 8.18. The van der Waals surface area contributed by atoms with Crippen molar-refractivity contribution in [2.24, 2.45) is 5.73 Å². The fourth-order valence-electron chi connectivity index (χ4n) is 1.05. The molecule has 0 aromatic heterocycles. The second-order valence-corrected chi connectivity index (χ2v) is 3.66. The van der Waals surface area contributed by atoms with E-state index in [4.69, 9.17) is 5.73 Å². The highest BCUT2D eigenvalue weighted by atomic mass is 16.2. The third kappa shape index (κ3) is 4.24. The number of unbranched alkanes of at least 4 members (excludes halogenated alkanes) is 1. The van der Waals surface area contributed by atoms with E-state index >= 15 is 0 Å². The zero-order chi connectivity index (χ0) is 9.68. The van der Waals surface area contributed by atoms with Gasteiger partial charge in [-0.05, 0) is 19.3 Å². The number of nitrogens with one attached hydrogen (secondary N) is 2. The topological polar surface area (TPSA) is 67.2 Å². The summed E-state index contributed by atoms with van der Waals surface area (Å²) in [4.78, 5) is 11.3. The predicted octanol–water partition coefficient (Wildman–Crippen LogP) is 0.287. The van der Waals surface area contributed by atoms with Gasteiger partial charge in [-0.2, -0.15) is 0 Å². The quantitative estimate of drug-likeness (QED) is 0.521. The molecule has 0 aromatic carbocycles. The molecule has 0 aliphatic heterocycles. The molecular weight excluding hydrogens is 166 g/mol. The summed E-state index contributed by atoms with van der Waals surface area (Å²) >= 11 is 0. The van der Waals surface area contributed by atoms with Crippen LogP contribution in [0.2, 0.25) is 0 Å². The van der Waals surface area contributed by atoms with E-state index in [1.165, 1.54) is 0 Å². The van der Waals surface area contributed by atoms with Crippen LogP contribution in [0.5, 0.6) is 0 Å². The maximum atomic E-state index is 11.3. The molecule has 4 nitrogen and oxygen atoms in total. The summed E-state index contributed by atoms with van der Waals surface area (Å²) in [6.07, 6.45) is 5.18. The third-order valence-electron chi connectivity index (χ3n) is 2.18. The lowest BCUT2D eigenvalue weighted by Crippen LogP contribution is -2.47. The molecule has 1 atom stereocenters. The Kier molecular flexibility index (Phi) is 4.18. The molecule has 0 heterocycles. The van der Waals surface area contributed by atoms with E-state index in [9.17, 15) is 4.79 Å². The van der Waals surface area contributed by atoms with E-state index in [1.54, 1.807) is 0 Å². The Balaban J connectivity index is 2.05. The third-order valence-corrected chi connectivity index (χ3v) is 2.18. The Morgan fingerprint density at radius 3 is 2.85 bits per heavy atom. The highest BCUT2D eigenvalue weighted by molar-refractivity contribution is 5.80. The maximum absolute atomic E-state index is 11.3. The van der Waals surface area contributed by atoms with Gasteiger partial charge >= 0.3 is 0 Å². The molecule has 0 unspecified atom stereocenters. The summed E-state index contributed by atoms with van der Waals surface area (Å²) in [5.74, 6) is -0.0830. The van der Waals surface area contributed by atoms with Gasteiger partial charge in [-0.3, -0.25) is 10.2 Å². The van der Waals surface area contributed by atoms with Crippen LogP contribution in [0.4, 0.5) is 0 Å². The SMILES string of the molecule is CCCC[C@H](N)C(=O)NNC1CC1.